The number of ether oxygens (including phenoxy) is 1. The van der Waals surface area contributed by atoms with Crippen LogP contribution in [-0.4, -0.2) is 17.4 Å². The van der Waals surface area contributed by atoms with Crippen molar-refractivity contribution in [2.45, 2.75) is 32.6 Å². The first-order chi connectivity index (χ1) is 7.75. The number of unbranched alkanes of at least 4 members (excludes halogenated alkanes) is 3. The molecule has 1 heterocycles. The summed E-state index contributed by atoms with van der Waals surface area (Å²) in [6.07, 6.45) is 6.26. The summed E-state index contributed by atoms with van der Waals surface area (Å²) in [5.41, 5.74) is 5.84. The first-order valence-corrected chi connectivity index (χ1v) is 5.68. The van der Waals surface area contributed by atoms with Gasteiger partial charge in [-0.05, 0) is 18.6 Å². The van der Waals surface area contributed by atoms with Crippen molar-refractivity contribution < 1.29 is 4.74 Å². The van der Waals surface area contributed by atoms with Crippen LogP contribution in [0.3, 0.4) is 0 Å². The average molecular weight is 221 g/mol. The van der Waals surface area contributed by atoms with Crippen LogP contribution >= 0.6 is 0 Å². The number of nitrogens with two attached hydrogens (primary N) is 1. The van der Waals surface area contributed by atoms with Crippen molar-refractivity contribution in [2.75, 3.05) is 6.61 Å². The van der Waals surface area contributed by atoms with E-state index in [1.165, 1.54) is 19.3 Å². The molecular weight excluding hydrogens is 202 g/mol. The Hall–Kier alpha value is -1.58. The fraction of sp³-hybridized carbons (Fsp3) is 0.500. The summed E-state index contributed by atoms with van der Waals surface area (Å²) in [6.45, 7) is 2.84. The summed E-state index contributed by atoms with van der Waals surface area (Å²) >= 11 is 0. The number of nitrogens with one attached hydrogen (secondary N) is 1. The van der Waals surface area contributed by atoms with Crippen molar-refractivity contribution in [3.05, 3.63) is 24.0 Å². The SMILES string of the molecule is CCCCCCOc1cccnc1C(=N)N. The van der Waals surface area contributed by atoms with Gasteiger partial charge in [0.1, 0.15) is 17.3 Å². The Bertz CT molecular complexity index is 339. The van der Waals surface area contributed by atoms with Crippen LogP contribution in [0.25, 0.3) is 0 Å². The van der Waals surface area contributed by atoms with Crippen LogP contribution in [0.2, 0.25) is 0 Å². The molecule has 0 amide bonds. The molecule has 0 aliphatic carbocycles. The molecule has 0 unspecified atom stereocenters. The molecule has 0 saturated carbocycles. The van der Waals surface area contributed by atoms with Crippen molar-refractivity contribution in [3.8, 4) is 5.75 Å². The lowest BCUT2D eigenvalue weighted by atomic mass is 10.2. The summed E-state index contributed by atoms with van der Waals surface area (Å²) in [6, 6.07) is 3.58. The lowest BCUT2D eigenvalue weighted by Crippen LogP contribution is -2.15. The van der Waals surface area contributed by atoms with Gasteiger partial charge in [0.05, 0.1) is 6.61 Å². The fourth-order valence-corrected chi connectivity index (χ4v) is 1.42. The number of hydrogen-bond acceptors (Lipinski definition) is 3. The van der Waals surface area contributed by atoms with Crippen LogP contribution in [0, 0.1) is 5.41 Å². The summed E-state index contributed by atoms with van der Waals surface area (Å²) in [7, 11) is 0. The zero-order valence-electron chi connectivity index (χ0n) is 9.70. The average Bonchev–Trinajstić information content (AvgIpc) is 2.29. The van der Waals surface area contributed by atoms with E-state index in [0.29, 0.717) is 18.1 Å². The van der Waals surface area contributed by atoms with Gasteiger partial charge in [0.25, 0.3) is 0 Å². The van der Waals surface area contributed by atoms with Crippen LogP contribution in [0.5, 0.6) is 5.75 Å². The number of hydrogen-bond donors (Lipinski definition) is 2. The number of rotatable bonds is 7. The molecule has 0 atom stereocenters. The molecule has 0 bridgehead atoms. The third-order valence-corrected chi connectivity index (χ3v) is 2.28. The molecule has 0 saturated heterocycles. The van der Waals surface area contributed by atoms with Crippen molar-refractivity contribution >= 4 is 5.84 Å². The molecule has 3 N–H and O–H groups in total. The minimum Gasteiger partial charge on any atom is -0.491 e. The predicted octanol–water partition coefficient (Wildman–Crippen LogP) is 2.32. The van der Waals surface area contributed by atoms with Gasteiger partial charge >= 0.3 is 0 Å². The molecule has 4 nitrogen and oxygen atoms in total. The minimum atomic E-state index is -0.0517. The molecular formula is C12H19N3O. The van der Waals surface area contributed by atoms with Crippen LogP contribution in [-0.2, 0) is 0 Å². The maximum absolute atomic E-state index is 7.36. The highest BCUT2D eigenvalue weighted by Gasteiger charge is 2.06. The fourth-order valence-electron chi connectivity index (χ4n) is 1.42. The highest BCUT2D eigenvalue weighted by atomic mass is 16.5. The van der Waals surface area contributed by atoms with E-state index in [0.717, 1.165) is 6.42 Å². The number of aromatic nitrogens is 1. The van der Waals surface area contributed by atoms with Gasteiger partial charge in [-0.25, -0.2) is 4.98 Å². The zero-order chi connectivity index (χ0) is 11.8. The Morgan fingerprint density at radius 1 is 1.44 bits per heavy atom. The van der Waals surface area contributed by atoms with Gasteiger partial charge < -0.3 is 10.5 Å². The molecule has 1 rings (SSSR count). The highest BCUT2D eigenvalue weighted by Crippen LogP contribution is 2.15. The second-order valence-corrected chi connectivity index (χ2v) is 3.67. The molecule has 0 aromatic carbocycles. The number of amidine groups is 1. The predicted molar refractivity (Wildman–Crippen MR) is 64.9 cm³/mol. The Morgan fingerprint density at radius 2 is 2.25 bits per heavy atom. The van der Waals surface area contributed by atoms with E-state index < -0.39 is 0 Å². The molecule has 16 heavy (non-hydrogen) atoms. The van der Waals surface area contributed by atoms with Gasteiger partial charge in [0.2, 0.25) is 0 Å². The maximum Gasteiger partial charge on any atom is 0.148 e. The van der Waals surface area contributed by atoms with Gasteiger partial charge in [-0.2, -0.15) is 0 Å². The van der Waals surface area contributed by atoms with Crippen LogP contribution in [0.15, 0.2) is 18.3 Å². The largest absolute Gasteiger partial charge is 0.491 e. The van der Waals surface area contributed by atoms with Gasteiger partial charge in [-0.1, -0.05) is 26.2 Å². The zero-order valence-corrected chi connectivity index (χ0v) is 9.70. The first kappa shape index (κ1) is 12.5. The Kier molecular flexibility index (Phi) is 5.32. The van der Waals surface area contributed by atoms with Crippen molar-refractivity contribution in [2.24, 2.45) is 5.73 Å². The van der Waals surface area contributed by atoms with Crippen LogP contribution in [0.1, 0.15) is 38.3 Å². The summed E-state index contributed by atoms with van der Waals surface area (Å²) in [5.74, 6) is 0.552. The molecule has 0 aliphatic heterocycles. The lowest BCUT2D eigenvalue weighted by Gasteiger charge is -2.08. The normalized spacial score (nSPS) is 10.1. The van der Waals surface area contributed by atoms with E-state index in [9.17, 15) is 0 Å². The number of nitrogens with zero attached hydrogens (tertiary/aromatic N) is 1. The molecule has 4 heteroatoms. The highest BCUT2D eigenvalue weighted by molar-refractivity contribution is 5.95. The van der Waals surface area contributed by atoms with Crippen molar-refractivity contribution in [3.63, 3.8) is 0 Å². The standard InChI is InChI=1S/C12H19N3O/c1-2-3-4-5-9-16-10-7-6-8-15-11(10)12(13)14/h6-8H,2-5,9H2,1H3,(H3,13,14). The smallest absolute Gasteiger partial charge is 0.148 e. The van der Waals surface area contributed by atoms with Crippen molar-refractivity contribution in [1.29, 1.82) is 5.41 Å². The van der Waals surface area contributed by atoms with Gasteiger partial charge in [0.15, 0.2) is 0 Å². The summed E-state index contributed by atoms with van der Waals surface area (Å²) < 4.78 is 5.56. The summed E-state index contributed by atoms with van der Waals surface area (Å²) in [5, 5.41) is 7.36. The van der Waals surface area contributed by atoms with E-state index in [4.69, 9.17) is 15.9 Å². The minimum absolute atomic E-state index is 0.0517. The Balaban J connectivity index is 2.44. The van der Waals surface area contributed by atoms with Gasteiger partial charge in [-0.15, -0.1) is 0 Å². The van der Waals surface area contributed by atoms with Crippen LogP contribution in [0.4, 0.5) is 0 Å². The van der Waals surface area contributed by atoms with E-state index in [1.54, 1.807) is 18.3 Å². The third-order valence-electron chi connectivity index (χ3n) is 2.28. The van der Waals surface area contributed by atoms with E-state index in [-0.39, 0.29) is 5.84 Å². The van der Waals surface area contributed by atoms with Gasteiger partial charge in [-0.3, -0.25) is 5.41 Å². The van der Waals surface area contributed by atoms with E-state index in [2.05, 4.69) is 11.9 Å². The molecule has 0 radical (unpaired) electrons. The van der Waals surface area contributed by atoms with Crippen molar-refractivity contribution in [1.82, 2.24) is 4.98 Å². The third kappa shape index (κ3) is 3.88. The quantitative estimate of drug-likeness (QED) is 0.421. The lowest BCUT2D eigenvalue weighted by molar-refractivity contribution is 0.303. The number of nitrogen functional groups attached to an aromatic ring is 1. The maximum atomic E-state index is 7.36. The second-order valence-electron chi connectivity index (χ2n) is 3.67. The van der Waals surface area contributed by atoms with E-state index >= 15 is 0 Å². The number of pyridine rings is 1. The second kappa shape index (κ2) is 6.82. The van der Waals surface area contributed by atoms with E-state index in [1.807, 2.05) is 0 Å². The molecule has 1 aromatic heterocycles. The Morgan fingerprint density at radius 3 is 2.94 bits per heavy atom. The molecule has 88 valence electrons. The van der Waals surface area contributed by atoms with Crippen LogP contribution < -0.4 is 10.5 Å². The molecule has 0 fully saturated rings. The topological polar surface area (TPSA) is 72.0 Å². The summed E-state index contributed by atoms with van der Waals surface area (Å²) in [4.78, 5) is 4.02. The first-order valence-electron chi connectivity index (χ1n) is 5.68. The monoisotopic (exact) mass is 221 g/mol. The molecule has 0 spiro atoms. The molecule has 0 aliphatic rings. The molecule has 1 aromatic rings. The van der Waals surface area contributed by atoms with Gasteiger partial charge in [0, 0.05) is 6.20 Å². The Labute approximate surface area is 96.3 Å².